The van der Waals surface area contributed by atoms with Crippen LogP contribution in [-0.4, -0.2) is 0 Å². The molecule has 0 saturated carbocycles. The Hall–Kier alpha value is -5.37. The molecule has 0 aromatic heterocycles. The molecule has 0 amide bonds. The van der Waals surface area contributed by atoms with Gasteiger partial charge in [-0.25, -0.2) is 0 Å². The fourth-order valence-corrected chi connectivity index (χ4v) is 13.5. The predicted molar refractivity (Wildman–Crippen MR) is 261 cm³/mol. The molecule has 0 aliphatic rings. The maximum absolute atomic E-state index is 7.75. The minimum Gasteiger partial charge on any atom is -0.0622 e. The molecule has 1 nitrogen and oxygen atoms in total. The van der Waals surface area contributed by atoms with Crippen LogP contribution in [0.1, 0.15) is 0 Å². The zero-order valence-corrected chi connectivity index (χ0v) is 37.6. The molecule has 9 aromatic rings. The van der Waals surface area contributed by atoms with Crippen molar-refractivity contribution in [2.75, 3.05) is 0 Å². The largest absolute Gasteiger partial charge is 2.00 e. The Morgan fingerprint density at radius 1 is 0.183 bits per heavy atom. The Kier molecular flexibility index (Phi) is 19.8. The molecule has 0 saturated heterocycles. The van der Waals surface area contributed by atoms with Crippen molar-refractivity contribution < 1.29 is 24.1 Å². The summed E-state index contributed by atoms with van der Waals surface area (Å²) in [6.07, 6.45) is 0. The first kappa shape index (κ1) is 45.7. The smallest absolute Gasteiger partial charge is 0.0622 e. The molecule has 9 aromatic carbocycles. The normalized spacial score (nSPS) is 10.1. The summed E-state index contributed by atoms with van der Waals surface area (Å²) >= 11 is 0. The van der Waals surface area contributed by atoms with Crippen molar-refractivity contribution in [3.05, 3.63) is 273 Å². The average molecular weight is 917 g/mol. The molecule has 0 N–H and O–H groups in total. The molecule has 0 aliphatic carbocycles. The van der Waals surface area contributed by atoms with Gasteiger partial charge in [0.1, 0.15) is 0 Å². The van der Waals surface area contributed by atoms with Crippen LogP contribution < -0.4 is 47.7 Å². The first-order valence-electron chi connectivity index (χ1n) is 19.4. The second kappa shape index (κ2) is 26.0. The molecule has 0 radical (unpaired) electrons. The minimum atomic E-state index is -0.446. The summed E-state index contributed by atoms with van der Waals surface area (Å²) in [7, 11) is -1.34. The third-order valence-corrected chi connectivity index (χ3v) is 16.5. The van der Waals surface area contributed by atoms with Crippen LogP contribution in [0.3, 0.4) is 0 Å². The molecule has 60 heavy (non-hydrogen) atoms. The Morgan fingerprint density at radius 2 is 0.267 bits per heavy atom. The summed E-state index contributed by atoms with van der Waals surface area (Å²) in [6, 6.07) is 97.0. The summed E-state index contributed by atoms with van der Waals surface area (Å²) in [4.78, 5) is 0. The first-order valence-corrected chi connectivity index (χ1v) is 23.5. The van der Waals surface area contributed by atoms with Crippen molar-refractivity contribution in [2.24, 2.45) is 0 Å². The van der Waals surface area contributed by atoms with Crippen molar-refractivity contribution in [1.82, 2.24) is 0 Å². The topological polar surface area (TPSA) is 19.9 Å². The van der Waals surface area contributed by atoms with Crippen molar-refractivity contribution in [1.29, 1.82) is 0 Å². The van der Waals surface area contributed by atoms with Crippen LogP contribution in [0.25, 0.3) is 0 Å². The Balaban J connectivity index is 0.000000166. The van der Waals surface area contributed by atoms with Crippen LogP contribution in [0.15, 0.2) is 273 Å². The average Bonchev–Trinajstić information content (AvgIpc) is 3.34. The van der Waals surface area contributed by atoms with Gasteiger partial charge in [-0.05, 0) is 71.5 Å². The standard InChI is InChI=1S/3C18H15P.CHO.Ru/c3*1-4-10-16(11-5-1)19(17-12-6-2-7-13-17)18-14-8-3-9-15-18;1-2;/h3*1-15H;1H;/q;;;+1;+2. The van der Waals surface area contributed by atoms with Crippen LogP contribution in [0, 0.1) is 6.65 Å². The maximum atomic E-state index is 7.75. The second-order valence-electron chi connectivity index (χ2n) is 13.0. The van der Waals surface area contributed by atoms with E-state index in [1.807, 2.05) is 0 Å². The fourth-order valence-electron chi connectivity index (χ4n) is 6.54. The zero-order valence-electron chi connectivity index (χ0n) is 33.2. The number of hydrogen-bond acceptors (Lipinski definition) is 0. The minimum absolute atomic E-state index is 0. The summed E-state index contributed by atoms with van der Waals surface area (Å²) < 4.78 is 7.75. The van der Waals surface area contributed by atoms with Gasteiger partial charge in [0.2, 0.25) is 0 Å². The van der Waals surface area contributed by atoms with E-state index in [2.05, 4.69) is 280 Å². The molecule has 0 heterocycles. The summed E-state index contributed by atoms with van der Waals surface area (Å²) in [5.74, 6) is 0. The van der Waals surface area contributed by atoms with E-state index >= 15 is 0 Å². The second-order valence-corrected chi connectivity index (χ2v) is 19.7. The van der Waals surface area contributed by atoms with Crippen molar-refractivity contribution in [3.8, 4) is 6.65 Å². The van der Waals surface area contributed by atoms with Gasteiger partial charge in [-0.3, -0.25) is 0 Å². The van der Waals surface area contributed by atoms with E-state index in [9.17, 15) is 0 Å². The molecular weight excluding hydrogens is 871 g/mol. The number of hydrogen-bond donors (Lipinski definition) is 0. The third kappa shape index (κ3) is 13.3. The maximum Gasteiger partial charge on any atom is 2.00 e. The van der Waals surface area contributed by atoms with Crippen molar-refractivity contribution in [2.45, 2.75) is 0 Å². The van der Waals surface area contributed by atoms with Gasteiger partial charge in [-0.1, -0.05) is 273 Å². The molecule has 0 aliphatic heterocycles. The summed E-state index contributed by atoms with van der Waals surface area (Å²) in [5.41, 5.74) is 0. The molecule has 5 heteroatoms. The molecule has 0 atom stereocenters. The van der Waals surface area contributed by atoms with Gasteiger partial charge in [0, 0.05) is 0 Å². The molecule has 292 valence electrons. The van der Waals surface area contributed by atoms with Gasteiger partial charge >= 0.3 is 30.8 Å². The van der Waals surface area contributed by atoms with E-state index in [4.69, 9.17) is 4.65 Å². The van der Waals surface area contributed by atoms with Crippen LogP contribution in [-0.2, 0) is 24.1 Å². The summed E-state index contributed by atoms with van der Waals surface area (Å²) in [5, 5.41) is 12.6. The summed E-state index contributed by atoms with van der Waals surface area (Å²) in [6.45, 7) is 3.25. The van der Waals surface area contributed by atoms with E-state index in [1.165, 1.54) is 47.7 Å². The van der Waals surface area contributed by atoms with E-state index < -0.39 is 23.8 Å². The van der Waals surface area contributed by atoms with Gasteiger partial charge < -0.3 is 0 Å². The number of rotatable bonds is 9. The molecule has 0 fully saturated rings. The van der Waals surface area contributed by atoms with Gasteiger partial charge in [-0.15, -0.1) is 0 Å². The SMILES string of the molecule is C#[O+].[Ru+2].c1ccc(P(c2ccccc2)c2ccccc2)cc1.c1ccc(P(c2ccccc2)c2ccccc2)cc1.c1ccc(P(c2ccccc2)c2ccccc2)cc1. The predicted octanol–water partition coefficient (Wildman–Crippen LogP) is 10.3. The van der Waals surface area contributed by atoms with Crippen LogP contribution >= 0.6 is 23.8 Å². The molecule has 0 bridgehead atoms. The first-order chi connectivity index (χ1) is 29.3. The fraction of sp³-hybridized carbons (Fsp3) is 0. The van der Waals surface area contributed by atoms with Crippen LogP contribution in [0.4, 0.5) is 0 Å². The van der Waals surface area contributed by atoms with Crippen LogP contribution in [0.2, 0.25) is 0 Å². The van der Waals surface area contributed by atoms with E-state index in [0.29, 0.717) is 0 Å². The Labute approximate surface area is 373 Å². The monoisotopic (exact) mass is 917 g/mol. The third-order valence-electron chi connectivity index (χ3n) is 9.13. The van der Waals surface area contributed by atoms with Gasteiger partial charge in [0.05, 0.1) is 0 Å². The molecule has 9 rings (SSSR count). The Morgan fingerprint density at radius 3 is 0.350 bits per heavy atom. The van der Waals surface area contributed by atoms with Gasteiger partial charge in [0.25, 0.3) is 0 Å². The Bertz CT molecular complexity index is 1920. The van der Waals surface area contributed by atoms with E-state index in [1.54, 1.807) is 0 Å². The molecular formula is C55H46OP3Ru+3. The van der Waals surface area contributed by atoms with Crippen molar-refractivity contribution >= 4 is 71.5 Å². The van der Waals surface area contributed by atoms with E-state index in [-0.39, 0.29) is 19.5 Å². The zero-order chi connectivity index (χ0) is 40.7. The van der Waals surface area contributed by atoms with Crippen molar-refractivity contribution in [3.63, 3.8) is 0 Å². The quantitative estimate of drug-likeness (QED) is 0.0781. The van der Waals surface area contributed by atoms with Gasteiger partial charge in [-0.2, -0.15) is 0 Å². The molecule has 0 unspecified atom stereocenters. The number of benzene rings is 9. The molecule has 0 spiro atoms. The van der Waals surface area contributed by atoms with E-state index in [0.717, 1.165) is 0 Å². The van der Waals surface area contributed by atoms with Crippen LogP contribution in [0.5, 0.6) is 0 Å². The van der Waals surface area contributed by atoms with Gasteiger partial charge in [0.15, 0.2) is 0 Å².